The number of hydrogen-bond donors (Lipinski definition) is 1. The van der Waals surface area contributed by atoms with Crippen LogP contribution >= 0.6 is 11.3 Å². The minimum absolute atomic E-state index is 0.0564. The van der Waals surface area contributed by atoms with E-state index in [4.69, 9.17) is 4.74 Å². The lowest BCUT2D eigenvalue weighted by Crippen LogP contribution is -2.19. The SMILES string of the molecule is Cc1ccccc1OCc1csc(C(=O)Nc2c(F)c(F)c(C(F)(F)F)c(F)c2F)c1. The molecule has 164 valence electrons. The highest BCUT2D eigenvalue weighted by Crippen LogP contribution is 2.38. The zero-order valence-electron chi connectivity index (χ0n) is 15.5. The zero-order valence-corrected chi connectivity index (χ0v) is 16.4. The Balaban J connectivity index is 1.79. The molecule has 31 heavy (non-hydrogen) atoms. The molecule has 2 aromatic carbocycles. The molecular weight excluding hydrogens is 451 g/mol. The number of carbonyl (C=O) groups excluding carboxylic acids is 1. The normalized spacial score (nSPS) is 11.5. The molecule has 3 aromatic rings. The summed E-state index contributed by atoms with van der Waals surface area (Å²) < 4.78 is 98.8. The number of carbonyl (C=O) groups is 1. The van der Waals surface area contributed by atoms with E-state index in [1.165, 1.54) is 11.4 Å². The molecule has 0 saturated carbocycles. The fraction of sp³-hybridized carbons (Fsp3) is 0.150. The number of para-hydroxylation sites is 1. The van der Waals surface area contributed by atoms with E-state index in [0.29, 0.717) is 11.3 Å². The largest absolute Gasteiger partial charge is 0.489 e. The van der Waals surface area contributed by atoms with E-state index in [1.807, 2.05) is 19.1 Å². The van der Waals surface area contributed by atoms with Gasteiger partial charge in [-0.15, -0.1) is 11.3 Å². The lowest BCUT2D eigenvalue weighted by molar-refractivity contribution is -0.143. The number of thiophene rings is 1. The Kier molecular flexibility index (Phi) is 6.25. The van der Waals surface area contributed by atoms with Gasteiger partial charge in [-0.2, -0.15) is 13.2 Å². The molecule has 0 saturated heterocycles. The van der Waals surface area contributed by atoms with Crippen molar-refractivity contribution in [3.05, 3.63) is 80.5 Å². The molecule has 0 fully saturated rings. The van der Waals surface area contributed by atoms with Crippen LogP contribution in [-0.4, -0.2) is 5.91 Å². The Labute approximate surface area is 175 Å². The molecule has 1 amide bonds. The number of rotatable bonds is 5. The van der Waals surface area contributed by atoms with Crippen molar-refractivity contribution < 1.29 is 40.3 Å². The molecule has 0 radical (unpaired) electrons. The molecule has 0 aliphatic rings. The van der Waals surface area contributed by atoms with Gasteiger partial charge in [-0.1, -0.05) is 18.2 Å². The minimum atomic E-state index is -5.67. The maximum atomic E-state index is 13.9. The summed E-state index contributed by atoms with van der Waals surface area (Å²) in [6, 6.07) is 8.45. The average Bonchev–Trinajstić information content (AvgIpc) is 3.17. The standard InChI is InChI=1S/C20H12F7NO2S/c1-9-4-2-3-5-11(9)30-7-10-6-12(31-8-10)19(29)28-18-16(23)14(21)13(20(25,26)27)15(22)17(18)24/h2-6,8H,7H2,1H3,(H,28,29). The quantitative estimate of drug-likeness (QED) is 0.348. The maximum absolute atomic E-state index is 13.9. The summed E-state index contributed by atoms with van der Waals surface area (Å²) in [7, 11) is 0. The molecule has 0 unspecified atom stereocenters. The van der Waals surface area contributed by atoms with Gasteiger partial charge >= 0.3 is 6.18 Å². The third-order valence-corrected chi connectivity index (χ3v) is 5.13. The van der Waals surface area contributed by atoms with E-state index in [2.05, 4.69) is 0 Å². The van der Waals surface area contributed by atoms with Crippen LogP contribution in [0.2, 0.25) is 0 Å². The van der Waals surface area contributed by atoms with Crippen molar-refractivity contribution >= 4 is 22.9 Å². The fourth-order valence-corrected chi connectivity index (χ4v) is 3.41. The van der Waals surface area contributed by atoms with Crippen molar-refractivity contribution in [2.24, 2.45) is 0 Å². The molecule has 0 spiro atoms. The first-order valence-electron chi connectivity index (χ1n) is 8.51. The van der Waals surface area contributed by atoms with Gasteiger partial charge in [0.05, 0.1) is 4.88 Å². The Morgan fingerprint density at radius 1 is 1.03 bits per heavy atom. The molecule has 1 heterocycles. The highest BCUT2D eigenvalue weighted by Gasteiger charge is 2.42. The van der Waals surface area contributed by atoms with Gasteiger partial charge in [0, 0.05) is 5.56 Å². The first-order chi connectivity index (χ1) is 14.5. The van der Waals surface area contributed by atoms with E-state index in [0.717, 1.165) is 16.9 Å². The number of alkyl halides is 3. The molecule has 3 rings (SSSR count). The first-order valence-corrected chi connectivity index (χ1v) is 9.39. The van der Waals surface area contributed by atoms with Gasteiger partial charge in [0.1, 0.15) is 23.6 Å². The van der Waals surface area contributed by atoms with E-state index >= 15 is 0 Å². The van der Waals surface area contributed by atoms with Crippen LogP contribution in [-0.2, 0) is 12.8 Å². The number of nitrogens with one attached hydrogen (secondary N) is 1. The second-order valence-corrected chi connectivity index (χ2v) is 7.24. The summed E-state index contributed by atoms with van der Waals surface area (Å²) in [6.07, 6.45) is -5.67. The number of anilines is 1. The molecule has 0 atom stereocenters. The summed E-state index contributed by atoms with van der Waals surface area (Å²) in [5.41, 5.74) is -2.98. The van der Waals surface area contributed by atoms with Crippen LogP contribution in [0, 0.1) is 30.2 Å². The van der Waals surface area contributed by atoms with Crippen LogP contribution in [0.3, 0.4) is 0 Å². The number of hydrogen-bond acceptors (Lipinski definition) is 3. The van der Waals surface area contributed by atoms with E-state index < -0.39 is 46.6 Å². The van der Waals surface area contributed by atoms with Crippen LogP contribution < -0.4 is 10.1 Å². The summed E-state index contributed by atoms with van der Waals surface area (Å²) in [5, 5.41) is 3.09. The van der Waals surface area contributed by atoms with E-state index in [1.54, 1.807) is 17.4 Å². The van der Waals surface area contributed by atoms with E-state index in [9.17, 15) is 35.5 Å². The van der Waals surface area contributed by atoms with Gasteiger partial charge in [0.2, 0.25) is 0 Å². The molecule has 1 N–H and O–H groups in total. The number of ether oxygens (including phenoxy) is 1. The molecule has 0 bridgehead atoms. The molecule has 0 aliphatic carbocycles. The molecule has 1 aromatic heterocycles. The predicted octanol–water partition coefficient (Wildman–Crippen LogP) is 6.46. The van der Waals surface area contributed by atoms with Crippen LogP contribution in [0.25, 0.3) is 0 Å². The third-order valence-electron chi connectivity index (χ3n) is 4.15. The summed E-state index contributed by atoms with van der Waals surface area (Å²) in [6.45, 7) is 1.88. The minimum Gasteiger partial charge on any atom is -0.489 e. The lowest BCUT2D eigenvalue weighted by atomic mass is 10.1. The predicted molar refractivity (Wildman–Crippen MR) is 99.1 cm³/mol. The van der Waals surface area contributed by atoms with Crippen LogP contribution in [0.4, 0.5) is 36.4 Å². The number of halogens is 7. The van der Waals surface area contributed by atoms with Crippen LogP contribution in [0.15, 0.2) is 35.7 Å². The van der Waals surface area contributed by atoms with Gasteiger partial charge in [-0.05, 0) is 30.0 Å². The smallest absolute Gasteiger partial charge is 0.422 e. The van der Waals surface area contributed by atoms with Gasteiger partial charge < -0.3 is 10.1 Å². The van der Waals surface area contributed by atoms with Crippen molar-refractivity contribution in [3.8, 4) is 5.75 Å². The van der Waals surface area contributed by atoms with Gasteiger partial charge in [-0.3, -0.25) is 4.79 Å². The monoisotopic (exact) mass is 463 g/mol. The third kappa shape index (κ3) is 4.66. The average molecular weight is 463 g/mol. The summed E-state index contributed by atoms with van der Waals surface area (Å²) in [5.74, 6) is -10.6. The topological polar surface area (TPSA) is 38.3 Å². The van der Waals surface area contributed by atoms with Crippen molar-refractivity contribution in [3.63, 3.8) is 0 Å². The van der Waals surface area contributed by atoms with Gasteiger partial charge in [0.15, 0.2) is 23.3 Å². The maximum Gasteiger partial charge on any atom is 0.422 e. The van der Waals surface area contributed by atoms with Crippen molar-refractivity contribution in [2.45, 2.75) is 19.7 Å². The van der Waals surface area contributed by atoms with Crippen LogP contribution in [0.5, 0.6) is 5.75 Å². The lowest BCUT2D eigenvalue weighted by Gasteiger charge is -2.14. The molecule has 0 aliphatic heterocycles. The second-order valence-electron chi connectivity index (χ2n) is 6.33. The Hall–Kier alpha value is -3.08. The van der Waals surface area contributed by atoms with Crippen molar-refractivity contribution in [2.75, 3.05) is 5.32 Å². The Morgan fingerprint density at radius 2 is 1.65 bits per heavy atom. The van der Waals surface area contributed by atoms with Crippen molar-refractivity contribution in [1.82, 2.24) is 0 Å². The number of amides is 1. The number of aryl methyl sites for hydroxylation is 1. The van der Waals surface area contributed by atoms with E-state index in [-0.39, 0.29) is 11.5 Å². The Morgan fingerprint density at radius 3 is 2.23 bits per heavy atom. The fourth-order valence-electron chi connectivity index (χ4n) is 2.62. The summed E-state index contributed by atoms with van der Waals surface area (Å²) >= 11 is 0.839. The first kappa shape index (κ1) is 22.6. The molecule has 3 nitrogen and oxygen atoms in total. The van der Waals surface area contributed by atoms with Gasteiger partial charge in [-0.25, -0.2) is 17.6 Å². The van der Waals surface area contributed by atoms with Gasteiger partial charge in [0.25, 0.3) is 5.91 Å². The van der Waals surface area contributed by atoms with Crippen molar-refractivity contribution in [1.29, 1.82) is 0 Å². The zero-order chi connectivity index (χ0) is 22.9. The van der Waals surface area contributed by atoms with Crippen LogP contribution in [0.1, 0.15) is 26.4 Å². The second kappa shape index (κ2) is 8.58. The Bertz CT molecular complexity index is 1110. The summed E-state index contributed by atoms with van der Waals surface area (Å²) in [4.78, 5) is 12.1. The molecular formula is C20H12F7NO2S. The molecule has 11 heteroatoms. The number of benzene rings is 2. The highest BCUT2D eigenvalue weighted by atomic mass is 32.1. The highest BCUT2D eigenvalue weighted by molar-refractivity contribution is 7.12.